The van der Waals surface area contributed by atoms with Crippen LogP contribution >= 0.6 is 0 Å². The van der Waals surface area contributed by atoms with Gasteiger partial charge in [0.1, 0.15) is 6.73 Å². The molecular formula is C15H18N2O3. The quantitative estimate of drug-likeness (QED) is 0.848. The second-order valence-electron chi connectivity index (χ2n) is 4.58. The van der Waals surface area contributed by atoms with Crippen LogP contribution in [0.1, 0.15) is 12.0 Å². The summed E-state index contributed by atoms with van der Waals surface area (Å²) in [6.45, 7) is 5.19. The molecule has 1 fully saturated rings. The monoisotopic (exact) mass is 274 g/mol. The van der Waals surface area contributed by atoms with Gasteiger partial charge in [0.2, 0.25) is 11.8 Å². The van der Waals surface area contributed by atoms with Crippen LogP contribution in [0, 0.1) is 0 Å². The molecule has 20 heavy (non-hydrogen) atoms. The molecule has 0 unspecified atom stereocenters. The van der Waals surface area contributed by atoms with E-state index in [9.17, 15) is 9.59 Å². The first-order valence-corrected chi connectivity index (χ1v) is 6.57. The van der Waals surface area contributed by atoms with E-state index in [2.05, 4.69) is 11.9 Å². The van der Waals surface area contributed by atoms with Crippen molar-refractivity contribution in [3.05, 3.63) is 42.5 Å². The summed E-state index contributed by atoms with van der Waals surface area (Å²) in [5.74, 6) is -0.281. The van der Waals surface area contributed by atoms with E-state index in [1.165, 1.54) is 6.08 Å². The van der Waals surface area contributed by atoms with E-state index in [-0.39, 0.29) is 18.2 Å². The summed E-state index contributed by atoms with van der Waals surface area (Å²) in [5, 5.41) is 2.71. The van der Waals surface area contributed by atoms with E-state index in [0.29, 0.717) is 19.0 Å². The topological polar surface area (TPSA) is 58.6 Å². The molecule has 2 rings (SSSR count). The zero-order valence-electron chi connectivity index (χ0n) is 11.3. The average molecular weight is 274 g/mol. The van der Waals surface area contributed by atoms with Gasteiger partial charge in [-0.1, -0.05) is 24.8 Å². The molecule has 1 aliphatic rings. The Hall–Kier alpha value is -2.14. The third-order valence-corrected chi connectivity index (χ3v) is 3.12. The highest BCUT2D eigenvalue weighted by Crippen LogP contribution is 2.17. The van der Waals surface area contributed by atoms with Crippen molar-refractivity contribution in [2.45, 2.75) is 12.8 Å². The SMILES string of the molecule is C=CC(=O)Nc1ccccc1CC(=O)N1CCCOC1. The molecule has 0 saturated carbocycles. The maximum atomic E-state index is 12.2. The Labute approximate surface area is 118 Å². The van der Waals surface area contributed by atoms with E-state index in [0.717, 1.165) is 18.5 Å². The van der Waals surface area contributed by atoms with Gasteiger partial charge in [0.25, 0.3) is 0 Å². The van der Waals surface area contributed by atoms with Gasteiger partial charge in [-0.3, -0.25) is 9.59 Å². The smallest absolute Gasteiger partial charge is 0.247 e. The van der Waals surface area contributed by atoms with Gasteiger partial charge in [0.15, 0.2) is 0 Å². The van der Waals surface area contributed by atoms with Crippen LogP contribution in [0.5, 0.6) is 0 Å². The first-order valence-electron chi connectivity index (χ1n) is 6.57. The van der Waals surface area contributed by atoms with Crippen LogP contribution in [-0.4, -0.2) is 36.6 Å². The molecule has 1 saturated heterocycles. The number of anilines is 1. The number of nitrogens with zero attached hydrogens (tertiary/aromatic N) is 1. The van der Waals surface area contributed by atoms with Crippen LogP contribution in [-0.2, 0) is 20.7 Å². The molecule has 0 radical (unpaired) electrons. The number of nitrogens with one attached hydrogen (secondary N) is 1. The summed E-state index contributed by atoms with van der Waals surface area (Å²) in [4.78, 5) is 25.3. The Bertz CT molecular complexity index is 508. The van der Waals surface area contributed by atoms with Crippen LogP contribution in [0.3, 0.4) is 0 Å². The Balaban J connectivity index is 2.06. The standard InChI is InChI=1S/C15H18N2O3/c1-2-14(18)16-13-7-4-3-6-12(13)10-15(19)17-8-5-9-20-11-17/h2-4,6-7H,1,5,8-11H2,(H,16,18). The van der Waals surface area contributed by atoms with E-state index in [1.807, 2.05) is 18.2 Å². The molecule has 5 nitrogen and oxygen atoms in total. The lowest BCUT2D eigenvalue weighted by Gasteiger charge is -2.27. The molecule has 1 aromatic rings. The molecule has 106 valence electrons. The second kappa shape index (κ2) is 6.86. The van der Waals surface area contributed by atoms with Crippen molar-refractivity contribution in [2.24, 2.45) is 0 Å². The minimum absolute atomic E-state index is 0.00463. The fourth-order valence-electron chi connectivity index (χ4n) is 2.05. The highest BCUT2D eigenvalue weighted by atomic mass is 16.5. The number of rotatable bonds is 4. The molecule has 1 heterocycles. The Kier molecular flexibility index (Phi) is 4.90. The lowest BCUT2D eigenvalue weighted by atomic mass is 10.1. The molecule has 0 aliphatic carbocycles. The Morgan fingerprint density at radius 2 is 2.20 bits per heavy atom. The van der Waals surface area contributed by atoms with Gasteiger partial charge in [-0.25, -0.2) is 0 Å². The van der Waals surface area contributed by atoms with Crippen molar-refractivity contribution in [1.82, 2.24) is 4.90 Å². The molecule has 1 aliphatic heterocycles. The second-order valence-corrected chi connectivity index (χ2v) is 4.58. The maximum Gasteiger partial charge on any atom is 0.247 e. The number of ether oxygens (including phenoxy) is 1. The predicted molar refractivity (Wildman–Crippen MR) is 76.1 cm³/mol. The number of carbonyl (C=O) groups is 2. The minimum Gasteiger partial charge on any atom is -0.361 e. The first-order chi connectivity index (χ1) is 9.70. The fourth-order valence-corrected chi connectivity index (χ4v) is 2.05. The van der Waals surface area contributed by atoms with E-state index in [1.54, 1.807) is 11.0 Å². The number of para-hydroxylation sites is 1. The van der Waals surface area contributed by atoms with E-state index in [4.69, 9.17) is 4.74 Å². The third kappa shape index (κ3) is 3.68. The third-order valence-electron chi connectivity index (χ3n) is 3.12. The number of carbonyl (C=O) groups excluding carboxylic acids is 2. The number of benzene rings is 1. The van der Waals surface area contributed by atoms with Crippen molar-refractivity contribution >= 4 is 17.5 Å². The summed E-state index contributed by atoms with van der Waals surface area (Å²) in [5.41, 5.74) is 1.43. The minimum atomic E-state index is -0.286. The molecular weight excluding hydrogens is 256 g/mol. The summed E-state index contributed by atoms with van der Waals surface area (Å²) in [7, 11) is 0. The van der Waals surface area contributed by atoms with Gasteiger partial charge in [-0.05, 0) is 24.1 Å². The van der Waals surface area contributed by atoms with E-state index < -0.39 is 0 Å². The summed E-state index contributed by atoms with van der Waals surface area (Å²) >= 11 is 0. The lowest BCUT2D eigenvalue weighted by Crippen LogP contribution is -2.39. The van der Waals surface area contributed by atoms with Crippen LogP contribution in [0.4, 0.5) is 5.69 Å². The van der Waals surface area contributed by atoms with Crippen LogP contribution in [0.15, 0.2) is 36.9 Å². The zero-order valence-corrected chi connectivity index (χ0v) is 11.3. The Morgan fingerprint density at radius 1 is 1.40 bits per heavy atom. The van der Waals surface area contributed by atoms with Crippen LogP contribution in [0.25, 0.3) is 0 Å². The highest BCUT2D eigenvalue weighted by molar-refractivity contribution is 5.99. The van der Waals surface area contributed by atoms with Gasteiger partial charge < -0.3 is 15.0 Å². The van der Waals surface area contributed by atoms with E-state index >= 15 is 0 Å². The molecule has 0 spiro atoms. The van der Waals surface area contributed by atoms with Crippen molar-refractivity contribution in [3.63, 3.8) is 0 Å². The first kappa shape index (κ1) is 14.3. The molecule has 0 aromatic heterocycles. The lowest BCUT2D eigenvalue weighted by molar-refractivity contribution is -0.139. The average Bonchev–Trinajstić information content (AvgIpc) is 2.50. The summed E-state index contributed by atoms with van der Waals surface area (Å²) in [6.07, 6.45) is 2.31. The van der Waals surface area contributed by atoms with Crippen molar-refractivity contribution in [3.8, 4) is 0 Å². The van der Waals surface area contributed by atoms with Gasteiger partial charge >= 0.3 is 0 Å². The van der Waals surface area contributed by atoms with Crippen molar-refractivity contribution in [1.29, 1.82) is 0 Å². The fraction of sp³-hybridized carbons (Fsp3) is 0.333. The summed E-state index contributed by atoms with van der Waals surface area (Å²) < 4.78 is 5.28. The van der Waals surface area contributed by atoms with Gasteiger partial charge in [0, 0.05) is 12.2 Å². The number of hydrogen-bond donors (Lipinski definition) is 1. The molecule has 1 N–H and O–H groups in total. The molecule has 0 atom stereocenters. The zero-order chi connectivity index (χ0) is 14.4. The highest BCUT2D eigenvalue weighted by Gasteiger charge is 2.18. The molecule has 1 aromatic carbocycles. The number of hydrogen-bond acceptors (Lipinski definition) is 3. The number of amides is 2. The summed E-state index contributed by atoms with van der Waals surface area (Å²) in [6, 6.07) is 7.27. The van der Waals surface area contributed by atoms with Gasteiger partial charge in [-0.15, -0.1) is 0 Å². The Morgan fingerprint density at radius 3 is 2.90 bits per heavy atom. The molecule has 5 heteroatoms. The largest absolute Gasteiger partial charge is 0.361 e. The predicted octanol–water partition coefficient (Wildman–Crippen LogP) is 1.56. The molecule has 2 amide bonds. The maximum absolute atomic E-state index is 12.2. The van der Waals surface area contributed by atoms with Crippen molar-refractivity contribution in [2.75, 3.05) is 25.2 Å². The van der Waals surface area contributed by atoms with Crippen LogP contribution in [0.2, 0.25) is 0 Å². The molecule has 0 bridgehead atoms. The van der Waals surface area contributed by atoms with Gasteiger partial charge in [-0.2, -0.15) is 0 Å². The van der Waals surface area contributed by atoms with Gasteiger partial charge in [0.05, 0.1) is 13.0 Å². The van der Waals surface area contributed by atoms with Crippen molar-refractivity contribution < 1.29 is 14.3 Å². The normalized spacial score (nSPS) is 14.7. The van der Waals surface area contributed by atoms with Crippen LogP contribution < -0.4 is 5.32 Å².